The number of hydrogen-bond acceptors (Lipinski definition) is 5. The molecule has 0 unspecified atom stereocenters. The number of aromatic nitrogens is 1. The average Bonchev–Trinajstić information content (AvgIpc) is 3.12. The van der Waals surface area contributed by atoms with Crippen LogP contribution in [0.3, 0.4) is 0 Å². The van der Waals surface area contributed by atoms with Gasteiger partial charge in [-0.25, -0.2) is 4.98 Å². The fourth-order valence-corrected chi connectivity index (χ4v) is 2.79. The van der Waals surface area contributed by atoms with E-state index in [1.165, 1.54) is 5.69 Å². The van der Waals surface area contributed by atoms with E-state index in [0.717, 1.165) is 43.3 Å². The molecule has 0 spiro atoms. The molecule has 4 rings (SSSR count). The van der Waals surface area contributed by atoms with E-state index in [1.807, 2.05) is 42.5 Å². The van der Waals surface area contributed by atoms with E-state index >= 15 is 0 Å². The second kappa shape index (κ2) is 6.76. The number of rotatable bonds is 4. The Morgan fingerprint density at radius 2 is 1.79 bits per heavy atom. The van der Waals surface area contributed by atoms with Gasteiger partial charge in [-0.15, -0.1) is 0 Å². The Kier molecular flexibility index (Phi) is 4.16. The Hall–Kier alpha value is -2.79. The fourth-order valence-electron chi connectivity index (χ4n) is 2.79. The van der Waals surface area contributed by atoms with Gasteiger partial charge in [-0.2, -0.15) is 0 Å². The van der Waals surface area contributed by atoms with E-state index < -0.39 is 0 Å². The van der Waals surface area contributed by atoms with Crippen molar-refractivity contribution in [3.8, 4) is 11.3 Å². The van der Waals surface area contributed by atoms with Crippen molar-refractivity contribution in [2.24, 2.45) is 0 Å². The second-order valence-electron chi connectivity index (χ2n) is 5.67. The summed E-state index contributed by atoms with van der Waals surface area (Å²) in [5, 5.41) is 3.24. The minimum absolute atomic E-state index is 0.494. The van der Waals surface area contributed by atoms with Crippen molar-refractivity contribution >= 4 is 17.4 Å². The minimum Gasteiger partial charge on any atom is -0.423 e. The lowest BCUT2D eigenvalue weighted by Crippen LogP contribution is -2.36. The number of morpholine rings is 1. The molecular weight excluding hydrogens is 302 g/mol. The number of nitrogens with one attached hydrogen (secondary N) is 1. The molecular formula is C19H19N3O2. The first-order valence-corrected chi connectivity index (χ1v) is 8.09. The molecule has 1 aromatic heterocycles. The monoisotopic (exact) mass is 321 g/mol. The van der Waals surface area contributed by atoms with Gasteiger partial charge in [-0.3, -0.25) is 0 Å². The molecule has 0 saturated carbocycles. The van der Waals surface area contributed by atoms with E-state index in [4.69, 9.17) is 9.15 Å². The summed E-state index contributed by atoms with van der Waals surface area (Å²) in [5.74, 6) is 0.752. The molecule has 0 amide bonds. The van der Waals surface area contributed by atoms with Gasteiger partial charge in [0.2, 0.25) is 0 Å². The van der Waals surface area contributed by atoms with Crippen LogP contribution in [0.4, 0.5) is 17.4 Å². The van der Waals surface area contributed by atoms with Crippen molar-refractivity contribution in [2.75, 3.05) is 36.5 Å². The molecule has 0 atom stereocenters. The van der Waals surface area contributed by atoms with Gasteiger partial charge in [0, 0.05) is 30.0 Å². The maximum atomic E-state index is 5.80. The molecule has 0 bridgehead atoms. The summed E-state index contributed by atoms with van der Waals surface area (Å²) >= 11 is 0. The molecule has 0 aliphatic carbocycles. The van der Waals surface area contributed by atoms with Gasteiger partial charge in [-0.05, 0) is 18.2 Å². The highest BCUT2D eigenvalue weighted by Gasteiger charge is 2.12. The molecule has 5 nitrogen and oxygen atoms in total. The number of benzene rings is 2. The summed E-state index contributed by atoms with van der Waals surface area (Å²) < 4.78 is 11.2. The highest BCUT2D eigenvalue weighted by Crippen LogP contribution is 2.26. The van der Waals surface area contributed by atoms with E-state index in [0.29, 0.717) is 6.01 Å². The Morgan fingerprint density at radius 1 is 0.958 bits per heavy atom. The molecule has 24 heavy (non-hydrogen) atoms. The zero-order valence-electron chi connectivity index (χ0n) is 13.3. The van der Waals surface area contributed by atoms with Gasteiger partial charge in [-0.1, -0.05) is 36.4 Å². The first-order chi connectivity index (χ1) is 11.9. The zero-order chi connectivity index (χ0) is 16.2. The normalized spacial score (nSPS) is 14.6. The van der Waals surface area contributed by atoms with Crippen LogP contribution in [0.15, 0.2) is 65.2 Å². The lowest BCUT2D eigenvalue weighted by molar-refractivity contribution is 0.122. The van der Waals surface area contributed by atoms with Crippen LogP contribution in [0.5, 0.6) is 0 Å². The molecule has 1 N–H and O–H groups in total. The van der Waals surface area contributed by atoms with Crippen LogP contribution in [0.1, 0.15) is 0 Å². The zero-order valence-corrected chi connectivity index (χ0v) is 13.3. The third-order valence-electron chi connectivity index (χ3n) is 4.04. The Morgan fingerprint density at radius 3 is 2.62 bits per heavy atom. The minimum atomic E-state index is 0.494. The molecule has 1 saturated heterocycles. The standard InChI is InChI=1S/C19H19N3O2/c1-2-5-15(6-3-1)18-14-20-19(24-18)21-16-7-4-8-17(13-16)22-9-11-23-12-10-22/h1-8,13-14H,9-12H2,(H,20,21). The summed E-state index contributed by atoms with van der Waals surface area (Å²) in [5.41, 5.74) is 3.15. The molecule has 5 heteroatoms. The van der Waals surface area contributed by atoms with E-state index in [1.54, 1.807) is 6.20 Å². The van der Waals surface area contributed by atoms with Crippen LogP contribution in [0.25, 0.3) is 11.3 Å². The highest BCUT2D eigenvalue weighted by atomic mass is 16.5. The number of oxazole rings is 1. The molecule has 1 aliphatic rings. The molecule has 122 valence electrons. The van der Waals surface area contributed by atoms with Gasteiger partial charge in [0.05, 0.1) is 19.4 Å². The molecule has 2 heterocycles. The summed E-state index contributed by atoms with van der Waals surface area (Å²) in [7, 11) is 0. The van der Waals surface area contributed by atoms with E-state index in [-0.39, 0.29) is 0 Å². The molecule has 1 aliphatic heterocycles. The van der Waals surface area contributed by atoms with Gasteiger partial charge in [0.25, 0.3) is 6.01 Å². The predicted molar refractivity (Wildman–Crippen MR) is 94.7 cm³/mol. The number of hydrogen-bond donors (Lipinski definition) is 1. The first kappa shape index (κ1) is 14.8. The lowest BCUT2D eigenvalue weighted by atomic mass is 10.2. The maximum absolute atomic E-state index is 5.80. The molecule has 3 aromatic rings. The van der Waals surface area contributed by atoms with Gasteiger partial charge < -0.3 is 19.4 Å². The number of ether oxygens (including phenoxy) is 1. The Balaban J connectivity index is 1.50. The summed E-state index contributed by atoms with van der Waals surface area (Å²) in [6.45, 7) is 3.39. The van der Waals surface area contributed by atoms with Crippen molar-refractivity contribution in [3.63, 3.8) is 0 Å². The van der Waals surface area contributed by atoms with Gasteiger partial charge in [0.1, 0.15) is 0 Å². The smallest absolute Gasteiger partial charge is 0.299 e. The Labute approximate surface area is 140 Å². The second-order valence-corrected chi connectivity index (χ2v) is 5.67. The van der Waals surface area contributed by atoms with Gasteiger partial charge in [0.15, 0.2) is 5.76 Å². The fraction of sp³-hybridized carbons (Fsp3) is 0.211. The molecule has 2 aromatic carbocycles. The molecule has 0 radical (unpaired) electrons. The highest BCUT2D eigenvalue weighted by molar-refractivity contribution is 5.63. The Bertz CT molecular complexity index is 795. The van der Waals surface area contributed by atoms with Crippen molar-refractivity contribution in [3.05, 3.63) is 60.8 Å². The maximum Gasteiger partial charge on any atom is 0.299 e. The topological polar surface area (TPSA) is 50.5 Å². The number of nitrogens with zero attached hydrogens (tertiary/aromatic N) is 2. The van der Waals surface area contributed by atoms with Crippen LogP contribution in [0.2, 0.25) is 0 Å². The first-order valence-electron chi connectivity index (χ1n) is 8.09. The van der Waals surface area contributed by atoms with Crippen LogP contribution in [0, 0.1) is 0 Å². The van der Waals surface area contributed by atoms with Crippen LogP contribution < -0.4 is 10.2 Å². The van der Waals surface area contributed by atoms with Crippen molar-refractivity contribution < 1.29 is 9.15 Å². The van der Waals surface area contributed by atoms with E-state index in [9.17, 15) is 0 Å². The summed E-state index contributed by atoms with van der Waals surface area (Å²) in [6, 6.07) is 18.7. The van der Waals surface area contributed by atoms with Crippen LogP contribution >= 0.6 is 0 Å². The van der Waals surface area contributed by atoms with Crippen molar-refractivity contribution in [1.82, 2.24) is 4.98 Å². The third kappa shape index (κ3) is 3.26. The SMILES string of the molecule is c1ccc(-c2cnc(Nc3cccc(N4CCOCC4)c3)o2)cc1. The van der Waals surface area contributed by atoms with Crippen molar-refractivity contribution in [1.29, 1.82) is 0 Å². The van der Waals surface area contributed by atoms with Gasteiger partial charge >= 0.3 is 0 Å². The average molecular weight is 321 g/mol. The quantitative estimate of drug-likeness (QED) is 0.789. The van der Waals surface area contributed by atoms with E-state index in [2.05, 4.69) is 27.3 Å². The summed E-state index contributed by atoms with van der Waals surface area (Å²) in [4.78, 5) is 6.64. The summed E-state index contributed by atoms with van der Waals surface area (Å²) in [6.07, 6.45) is 1.74. The van der Waals surface area contributed by atoms with Crippen LogP contribution in [-0.4, -0.2) is 31.3 Å². The van der Waals surface area contributed by atoms with Crippen LogP contribution in [-0.2, 0) is 4.74 Å². The van der Waals surface area contributed by atoms with Crippen molar-refractivity contribution in [2.45, 2.75) is 0 Å². The predicted octanol–water partition coefficient (Wildman–Crippen LogP) is 3.92. The third-order valence-corrected chi connectivity index (χ3v) is 4.04. The lowest BCUT2D eigenvalue weighted by Gasteiger charge is -2.29. The molecule has 1 fully saturated rings. The largest absolute Gasteiger partial charge is 0.423 e. The number of anilines is 3.